The van der Waals surface area contributed by atoms with E-state index < -0.39 is 0 Å². The molecule has 0 fully saturated rings. The van der Waals surface area contributed by atoms with Gasteiger partial charge in [0.25, 0.3) is 5.91 Å². The standard InChI is InChI=1S/C17H19NO3/c1-13-8-9-16(20-2)14(10-13)11-18-17(19)12-21-15-6-4-3-5-7-15/h3-10H,11-12H2,1-2H3,(H,18,19). The molecule has 2 aromatic carbocycles. The Morgan fingerprint density at radius 1 is 1.14 bits per heavy atom. The van der Waals surface area contributed by atoms with Gasteiger partial charge in [0.15, 0.2) is 6.61 Å². The lowest BCUT2D eigenvalue weighted by molar-refractivity contribution is -0.123. The highest BCUT2D eigenvalue weighted by molar-refractivity contribution is 5.77. The molecular formula is C17H19NO3. The van der Waals surface area contributed by atoms with Crippen molar-refractivity contribution in [1.29, 1.82) is 0 Å². The molecule has 0 radical (unpaired) electrons. The van der Waals surface area contributed by atoms with Gasteiger partial charge in [0.1, 0.15) is 11.5 Å². The number of carbonyl (C=O) groups excluding carboxylic acids is 1. The number of hydrogen-bond acceptors (Lipinski definition) is 3. The number of rotatable bonds is 6. The van der Waals surface area contributed by atoms with Crippen molar-refractivity contribution in [2.24, 2.45) is 0 Å². The number of carbonyl (C=O) groups is 1. The number of para-hydroxylation sites is 1. The predicted octanol–water partition coefficient (Wildman–Crippen LogP) is 2.70. The lowest BCUT2D eigenvalue weighted by atomic mass is 10.1. The van der Waals surface area contributed by atoms with Crippen LogP contribution < -0.4 is 14.8 Å². The molecule has 21 heavy (non-hydrogen) atoms. The number of ether oxygens (including phenoxy) is 2. The maximum atomic E-state index is 11.8. The van der Waals surface area contributed by atoms with E-state index in [1.807, 2.05) is 55.5 Å². The summed E-state index contributed by atoms with van der Waals surface area (Å²) in [6, 6.07) is 15.1. The molecule has 0 aliphatic heterocycles. The van der Waals surface area contributed by atoms with Crippen molar-refractivity contribution in [2.75, 3.05) is 13.7 Å². The van der Waals surface area contributed by atoms with Crippen molar-refractivity contribution in [1.82, 2.24) is 5.32 Å². The van der Waals surface area contributed by atoms with Gasteiger partial charge in [0, 0.05) is 12.1 Å². The fraction of sp³-hybridized carbons (Fsp3) is 0.235. The minimum atomic E-state index is -0.164. The number of benzene rings is 2. The maximum absolute atomic E-state index is 11.8. The van der Waals surface area contributed by atoms with E-state index in [9.17, 15) is 4.79 Å². The number of hydrogen-bond donors (Lipinski definition) is 1. The van der Waals surface area contributed by atoms with E-state index in [1.54, 1.807) is 7.11 Å². The van der Waals surface area contributed by atoms with Crippen molar-refractivity contribution in [3.05, 3.63) is 59.7 Å². The van der Waals surface area contributed by atoms with Crippen LogP contribution >= 0.6 is 0 Å². The highest BCUT2D eigenvalue weighted by atomic mass is 16.5. The van der Waals surface area contributed by atoms with Crippen LogP contribution in [0.2, 0.25) is 0 Å². The summed E-state index contributed by atoms with van der Waals surface area (Å²) in [7, 11) is 1.62. The lowest BCUT2D eigenvalue weighted by Gasteiger charge is -2.11. The third kappa shape index (κ3) is 4.53. The van der Waals surface area contributed by atoms with E-state index in [0.29, 0.717) is 12.3 Å². The second-order valence-corrected chi connectivity index (χ2v) is 4.69. The molecule has 0 aromatic heterocycles. The first-order chi connectivity index (χ1) is 10.2. The van der Waals surface area contributed by atoms with E-state index in [4.69, 9.17) is 9.47 Å². The molecule has 0 bridgehead atoms. The average Bonchev–Trinajstić information content (AvgIpc) is 2.52. The fourth-order valence-electron chi connectivity index (χ4n) is 1.96. The van der Waals surface area contributed by atoms with E-state index >= 15 is 0 Å². The summed E-state index contributed by atoms with van der Waals surface area (Å²) in [4.78, 5) is 11.8. The summed E-state index contributed by atoms with van der Waals surface area (Å²) in [5, 5.41) is 2.83. The van der Waals surface area contributed by atoms with Crippen LogP contribution in [0.1, 0.15) is 11.1 Å². The van der Waals surface area contributed by atoms with Crippen LogP contribution in [-0.4, -0.2) is 19.6 Å². The SMILES string of the molecule is COc1ccc(C)cc1CNC(=O)COc1ccccc1. The van der Waals surface area contributed by atoms with Gasteiger partial charge in [0.05, 0.1) is 7.11 Å². The Balaban J connectivity index is 1.85. The molecule has 0 saturated carbocycles. The molecule has 1 N–H and O–H groups in total. The summed E-state index contributed by atoms with van der Waals surface area (Å²) in [5.41, 5.74) is 2.08. The lowest BCUT2D eigenvalue weighted by Crippen LogP contribution is -2.28. The van der Waals surface area contributed by atoms with Crippen LogP contribution in [-0.2, 0) is 11.3 Å². The average molecular weight is 285 g/mol. The molecule has 0 spiro atoms. The van der Waals surface area contributed by atoms with Crippen molar-refractivity contribution in [3.8, 4) is 11.5 Å². The molecule has 1 amide bonds. The smallest absolute Gasteiger partial charge is 0.258 e. The Labute approximate surface area is 124 Å². The van der Waals surface area contributed by atoms with Crippen molar-refractivity contribution < 1.29 is 14.3 Å². The molecular weight excluding hydrogens is 266 g/mol. The number of nitrogens with one attached hydrogen (secondary N) is 1. The Bertz CT molecular complexity index is 596. The van der Waals surface area contributed by atoms with Crippen molar-refractivity contribution in [3.63, 3.8) is 0 Å². The van der Waals surface area contributed by atoms with Crippen LogP contribution in [0.5, 0.6) is 11.5 Å². The van der Waals surface area contributed by atoms with Crippen LogP contribution in [0.15, 0.2) is 48.5 Å². The van der Waals surface area contributed by atoms with Crippen LogP contribution in [0.3, 0.4) is 0 Å². The topological polar surface area (TPSA) is 47.6 Å². The first kappa shape index (κ1) is 14.9. The first-order valence-corrected chi connectivity index (χ1v) is 6.77. The highest BCUT2D eigenvalue weighted by Gasteiger charge is 2.06. The van der Waals surface area contributed by atoms with Crippen LogP contribution in [0.4, 0.5) is 0 Å². The van der Waals surface area contributed by atoms with E-state index in [0.717, 1.165) is 16.9 Å². The minimum absolute atomic E-state index is 0.00184. The Morgan fingerprint density at radius 3 is 2.62 bits per heavy atom. The quantitative estimate of drug-likeness (QED) is 0.887. The van der Waals surface area contributed by atoms with Crippen LogP contribution in [0, 0.1) is 6.92 Å². The first-order valence-electron chi connectivity index (χ1n) is 6.77. The predicted molar refractivity (Wildman–Crippen MR) is 81.5 cm³/mol. The van der Waals surface area contributed by atoms with Gasteiger partial charge in [0.2, 0.25) is 0 Å². The van der Waals surface area contributed by atoms with E-state index in [-0.39, 0.29) is 12.5 Å². The van der Waals surface area contributed by atoms with Gasteiger partial charge >= 0.3 is 0 Å². The molecule has 2 aromatic rings. The van der Waals surface area contributed by atoms with Crippen molar-refractivity contribution >= 4 is 5.91 Å². The zero-order valence-electron chi connectivity index (χ0n) is 12.3. The van der Waals surface area contributed by atoms with Crippen LogP contribution in [0.25, 0.3) is 0 Å². The summed E-state index contributed by atoms with van der Waals surface area (Å²) in [6.07, 6.45) is 0. The molecule has 0 aliphatic rings. The molecule has 4 heteroatoms. The second kappa shape index (κ2) is 7.33. The zero-order valence-corrected chi connectivity index (χ0v) is 12.3. The number of amides is 1. The summed E-state index contributed by atoms with van der Waals surface area (Å²) in [5.74, 6) is 1.29. The fourth-order valence-corrected chi connectivity index (χ4v) is 1.96. The second-order valence-electron chi connectivity index (χ2n) is 4.69. The van der Waals surface area contributed by atoms with Gasteiger partial charge in [-0.15, -0.1) is 0 Å². The Kier molecular flexibility index (Phi) is 5.21. The largest absolute Gasteiger partial charge is 0.496 e. The summed E-state index contributed by atoms with van der Waals surface area (Å²) >= 11 is 0. The summed E-state index contributed by atoms with van der Waals surface area (Å²) < 4.78 is 10.7. The van der Waals surface area contributed by atoms with Gasteiger partial charge in [-0.3, -0.25) is 4.79 Å². The summed E-state index contributed by atoms with van der Waals surface area (Å²) in [6.45, 7) is 2.42. The van der Waals surface area contributed by atoms with Crippen molar-refractivity contribution in [2.45, 2.75) is 13.5 Å². The van der Waals surface area contributed by atoms with Gasteiger partial charge in [-0.1, -0.05) is 35.9 Å². The molecule has 0 aliphatic carbocycles. The molecule has 4 nitrogen and oxygen atoms in total. The Hall–Kier alpha value is -2.49. The van der Waals surface area contributed by atoms with Gasteiger partial charge < -0.3 is 14.8 Å². The molecule has 0 atom stereocenters. The maximum Gasteiger partial charge on any atom is 0.258 e. The molecule has 110 valence electrons. The zero-order chi connectivity index (χ0) is 15.1. The van der Waals surface area contributed by atoms with E-state index in [2.05, 4.69) is 5.32 Å². The normalized spacial score (nSPS) is 10.0. The van der Waals surface area contributed by atoms with Gasteiger partial charge in [-0.05, 0) is 25.1 Å². The third-order valence-electron chi connectivity index (χ3n) is 3.03. The van der Waals surface area contributed by atoms with E-state index in [1.165, 1.54) is 0 Å². The molecule has 0 saturated heterocycles. The molecule has 0 heterocycles. The number of aryl methyl sites for hydroxylation is 1. The third-order valence-corrected chi connectivity index (χ3v) is 3.03. The van der Waals surface area contributed by atoms with Gasteiger partial charge in [-0.25, -0.2) is 0 Å². The van der Waals surface area contributed by atoms with Gasteiger partial charge in [-0.2, -0.15) is 0 Å². The number of methoxy groups -OCH3 is 1. The monoisotopic (exact) mass is 285 g/mol. The minimum Gasteiger partial charge on any atom is -0.496 e. The highest BCUT2D eigenvalue weighted by Crippen LogP contribution is 2.19. The molecule has 2 rings (SSSR count). The Morgan fingerprint density at radius 2 is 1.90 bits per heavy atom. The molecule has 0 unspecified atom stereocenters.